The summed E-state index contributed by atoms with van der Waals surface area (Å²) in [5, 5.41) is 11.1. The first kappa shape index (κ1) is 21.2. The number of carbonyl (C=O) groups excluding carboxylic acids is 2. The minimum Gasteiger partial charge on any atom is -0.507 e. The fourth-order valence-corrected chi connectivity index (χ4v) is 3.71. The number of Topliss-reactive ketones (excluding diaryl/α,β-unsaturated/α-hetero) is 1. The van der Waals surface area contributed by atoms with Crippen LogP contribution in [0, 0.1) is 0 Å². The van der Waals surface area contributed by atoms with Crippen LogP contribution in [0.5, 0.6) is 5.75 Å². The number of pyridine rings is 2. The highest BCUT2D eigenvalue weighted by Gasteiger charge is 2.46. The van der Waals surface area contributed by atoms with Crippen molar-refractivity contribution in [2.24, 2.45) is 0 Å². The molecule has 7 heteroatoms. The predicted octanol–water partition coefficient (Wildman–Crippen LogP) is 3.89. The maximum Gasteiger partial charge on any atom is 0.295 e. The standard InChI is InChI=1S/C25H23N3O4/c1-2-14-32-20-7-5-19(6-8-20)23(29)21-22(18-9-12-26-13-10-18)28(25(31)24(21)30)16-17-4-3-11-27-15-17/h3-13,15,22,29H,2,14,16H2,1H3/b23-21+/t22-/m0/s1. The number of benzene rings is 1. The van der Waals surface area contributed by atoms with Gasteiger partial charge in [-0.15, -0.1) is 0 Å². The van der Waals surface area contributed by atoms with Gasteiger partial charge in [-0.2, -0.15) is 0 Å². The Bertz CT molecular complexity index is 1130. The Morgan fingerprint density at radius 3 is 2.44 bits per heavy atom. The first-order valence-electron chi connectivity index (χ1n) is 10.4. The number of rotatable bonds is 7. The molecule has 7 nitrogen and oxygen atoms in total. The van der Waals surface area contributed by atoms with Gasteiger partial charge in [-0.3, -0.25) is 19.6 Å². The molecule has 0 saturated carbocycles. The zero-order valence-corrected chi connectivity index (χ0v) is 17.6. The molecule has 1 aliphatic heterocycles. The summed E-state index contributed by atoms with van der Waals surface area (Å²) in [7, 11) is 0. The molecule has 0 radical (unpaired) electrons. The number of nitrogens with zero attached hydrogens (tertiary/aromatic N) is 3. The normalized spacial score (nSPS) is 17.5. The largest absolute Gasteiger partial charge is 0.507 e. The van der Waals surface area contributed by atoms with E-state index in [1.807, 2.05) is 13.0 Å². The molecule has 32 heavy (non-hydrogen) atoms. The number of carbonyl (C=O) groups is 2. The van der Waals surface area contributed by atoms with Gasteiger partial charge >= 0.3 is 0 Å². The molecule has 0 aliphatic carbocycles. The van der Waals surface area contributed by atoms with Crippen LogP contribution < -0.4 is 4.74 Å². The summed E-state index contributed by atoms with van der Waals surface area (Å²) in [6.45, 7) is 2.79. The second-order valence-corrected chi connectivity index (χ2v) is 7.44. The number of hydrogen-bond acceptors (Lipinski definition) is 6. The molecule has 1 fully saturated rings. The summed E-state index contributed by atoms with van der Waals surface area (Å²) in [4.78, 5) is 35.6. The number of aliphatic hydroxyl groups is 1. The Kier molecular flexibility index (Phi) is 6.26. The molecule has 0 bridgehead atoms. The number of ketones is 1. The third-order valence-corrected chi connectivity index (χ3v) is 5.24. The van der Waals surface area contributed by atoms with Crippen molar-refractivity contribution in [3.8, 4) is 5.75 Å². The second-order valence-electron chi connectivity index (χ2n) is 7.44. The van der Waals surface area contributed by atoms with Crippen LogP contribution in [-0.2, 0) is 16.1 Å². The molecular formula is C25H23N3O4. The summed E-state index contributed by atoms with van der Waals surface area (Å²) in [5.41, 5.74) is 1.96. The highest BCUT2D eigenvalue weighted by molar-refractivity contribution is 6.46. The van der Waals surface area contributed by atoms with Gasteiger partial charge in [0, 0.05) is 36.9 Å². The van der Waals surface area contributed by atoms with Crippen LogP contribution >= 0.6 is 0 Å². The number of hydrogen-bond donors (Lipinski definition) is 1. The Morgan fingerprint density at radius 2 is 1.78 bits per heavy atom. The molecule has 1 N–H and O–H groups in total. The van der Waals surface area contributed by atoms with Crippen molar-refractivity contribution < 1.29 is 19.4 Å². The summed E-state index contributed by atoms with van der Waals surface area (Å²) in [5.74, 6) is -0.938. The molecule has 2 aromatic heterocycles. The lowest BCUT2D eigenvalue weighted by atomic mass is 9.96. The quantitative estimate of drug-likeness (QED) is 0.348. The topological polar surface area (TPSA) is 92.6 Å². The molecule has 0 spiro atoms. The van der Waals surface area contributed by atoms with E-state index in [4.69, 9.17) is 4.74 Å². The Morgan fingerprint density at radius 1 is 1.03 bits per heavy atom. The average Bonchev–Trinajstić information content (AvgIpc) is 3.09. The average molecular weight is 429 g/mol. The van der Waals surface area contributed by atoms with E-state index in [0.717, 1.165) is 12.0 Å². The van der Waals surface area contributed by atoms with Gasteiger partial charge in [-0.05, 0) is 60.0 Å². The third-order valence-electron chi connectivity index (χ3n) is 5.24. The zero-order valence-electron chi connectivity index (χ0n) is 17.6. The fraction of sp³-hybridized carbons (Fsp3) is 0.200. The van der Waals surface area contributed by atoms with Crippen LogP contribution in [0.4, 0.5) is 0 Å². The van der Waals surface area contributed by atoms with Crippen LogP contribution in [-0.4, -0.2) is 38.3 Å². The zero-order chi connectivity index (χ0) is 22.5. The van der Waals surface area contributed by atoms with Crippen LogP contribution in [0.1, 0.15) is 36.1 Å². The second kappa shape index (κ2) is 9.43. The maximum absolute atomic E-state index is 13.0. The lowest BCUT2D eigenvalue weighted by Crippen LogP contribution is -2.29. The van der Waals surface area contributed by atoms with Crippen molar-refractivity contribution in [3.05, 3.63) is 95.6 Å². The molecule has 1 aliphatic rings. The highest BCUT2D eigenvalue weighted by atomic mass is 16.5. The monoisotopic (exact) mass is 429 g/mol. The highest BCUT2D eigenvalue weighted by Crippen LogP contribution is 2.40. The first-order chi connectivity index (χ1) is 15.6. The molecule has 3 heterocycles. The summed E-state index contributed by atoms with van der Waals surface area (Å²) in [6, 6.07) is 13.2. The van der Waals surface area contributed by atoms with Crippen molar-refractivity contribution >= 4 is 17.4 Å². The molecule has 3 aromatic rings. The number of aliphatic hydroxyl groups excluding tert-OH is 1. The Balaban J connectivity index is 1.76. The van der Waals surface area contributed by atoms with Crippen LogP contribution in [0.2, 0.25) is 0 Å². The van der Waals surface area contributed by atoms with Crippen molar-refractivity contribution in [1.29, 1.82) is 0 Å². The van der Waals surface area contributed by atoms with Gasteiger partial charge in [0.25, 0.3) is 11.7 Å². The first-order valence-corrected chi connectivity index (χ1v) is 10.4. The van der Waals surface area contributed by atoms with E-state index in [0.29, 0.717) is 23.5 Å². The van der Waals surface area contributed by atoms with E-state index in [9.17, 15) is 14.7 Å². The Hall–Kier alpha value is -4.00. The summed E-state index contributed by atoms with van der Waals surface area (Å²) in [6.07, 6.45) is 7.37. The SMILES string of the molecule is CCCOc1ccc(/C(O)=C2\C(=O)C(=O)N(Cc3cccnc3)[C@H]2c2ccncc2)cc1. The number of ether oxygens (including phenoxy) is 1. The van der Waals surface area contributed by atoms with E-state index in [-0.39, 0.29) is 17.9 Å². The molecular weight excluding hydrogens is 406 g/mol. The minimum atomic E-state index is -0.741. The van der Waals surface area contributed by atoms with Crippen molar-refractivity contribution in [2.45, 2.75) is 25.9 Å². The lowest BCUT2D eigenvalue weighted by molar-refractivity contribution is -0.140. The summed E-state index contributed by atoms with van der Waals surface area (Å²) >= 11 is 0. The third kappa shape index (κ3) is 4.23. The van der Waals surface area contributed by atoms with Crippen molar-refractivity contribution in [3.63, 3.8) is 0 Å². The maximum atomic E-state index is 13.0. The van der Waals surface area contributed by atoms with Gasteiger partial charge in [0.05, 0.1) is 18.2 Å². The van der Waals surface area contributed by atoms with Crippen LogP contribution in [0.25, 0.3) is 5.76 Å². The van der Waals surface area contributed by atoms with Crippen molar-refractivity contribution in [2.75, 3.05) is 6.61 Å². The van der Waals surface area contributed by atoms with E-state index in [2.05, 4.69) is 9.97 Å². The van der Waals surface area contributed by atoms with E-state index >= 15 is 0 Å². The molecule has 4 rings (SSSR count). The smallest absolute Gasteiger partial charge is 0.295 e. The van der Waals surface area contributed by atoms with Gasteiger partial charge < -0.3 is 14.7 Å². The van der Waals surface area contributed by atoms with Gasteiger partial charge in [0.1, 0.15) is 11.5 Å². The van der Waals surface area contributed by atoms with E-state index in [1.165, 1.54) is 4.90 Å². The molecule has 1 amide bonds. The molecule has 1 saturated heterocycles. The minimum absolute atomic E-state index is 0.0484. The molecule has 162 valence electrons. The number of aromatic nitrogens is 2. The number of likely N-dealkylation sites (tertiary alicyclic amines) is 1. The molecule has 0 unspecified atom stereocenters. The van der Waals surface area contributed by atoms with Gasteiger partial charge in [-0.1, -0.05) is 13.0 Å². The van der Waals surface area contributed by atoms with Crippen molar-refractivity contribution in [1.82, 2.24) is 14.9 Å². The number of amides is 1. The van der Waals surface area contributed by atoms with E-state index < -0.39 is 17.7 Å². The predicted molar refractivity (Wildman–Crippen MR) is 119 cm³/mol. The van der Waals surface area contributed by atoms with E-state index in [1.54, 1.807) is 67.3 Å². The van der Waals surface area contributed by atoms with Gasteiger partial charge in [0.15, 0.2) is 0 Å². The Labute approximate surface area is 186 Å². The fourth-order valence-electron chi connectivity index (χ4n) is 3.71. The van der Waals surface area contributed by atoms with Crippen LogP contribution in [0.15, 0.2) is 78.9 Å². The molecule has 1 aromatic carbocycles. The molecule has 1 atom stereocenters. The van der Waals surface area contributed by atoms with Gasteiger partial charge in [0.2, 0.25) is 0 Å². The summed E-state index contributed by atoms with van der Waals surface area (Å²) < 4.78 is 5.59. The lowest BCUT2D eigenvalue weighted by Gasteiger charge is -2.25. The van der Waals surface area contributed by atoms with Gasteiger partial charge in [-0.25, -0.2) is 0 Å². The van der Waals surface area contributed by atoms with Crippen LogP contribution in [0.3, 0.4) is 0 Å².